The van der Waals surface area contributed by atoms with Crippen molar-refractivity contribution in [2.24, 2.45) is 11.7 Å². The van der Waals surface area contributed by atoms with Crippen LogP contribution in [0.3, 0.4) is 0 Å². The largest absolute Gasteiger partial charge is 0.345 e. The number of hydrogen-bond acceptors (Lipinski definition) is 3. The van der Waals surface area contributed by atoms with E-state index in [0.717, 1.165) is 0 Å². The van der Waals surface area contributed by atoms with E-state index >= 15 is 0 Å². The van der Waals surface area contributed by atoms with Crippen LogP contribution in [0.15, 0.2) is 18.2 Å². The summed E-state index contributed by atoms with van der Waals surface area (Å²) in [6.45, 7) is 3.74. The number of nitrogens with zero attached hydrogens (tertiary/aromatic N) is 1. The molecule has 0 aromatic heterocycles. The summed E-state index contributed by atoms with van der Waals surface area (Å²) < 4.78 is 0. The van der Waals surface area contributed by atoms with Crippen LogP contribution in [0, 0.1) is 5.92 Å². The topological polar surface area (TPSA) is 75.4 Å². The van der Waals surface area contributed by atoms with Crippen molar-refractivity contribution in [3.05, 3.63) is 28.8 Å². The molecule has 0 saturated heterocycles. The number of hydrogen-bond donors (Lipinski definition) is 2. The van der Waals surface area contributed by atoms with Gasteiger partial charge in [-0.2, -0.15) is 0 Å². The van der Waals surface area contributed by atoms with E-state index in [-0.39, 0.29) is 17.7 Å². The molecule has 0 aliphatic heterocycles. The van der Waals surface area contributed by atoms with Crippen LogP contribution in [0.25, 0.3) is 0 Å². The molecule has 0 spiro atoms. The highest BCUT2D eigenvalue weighted by Gasteiger charge is 2.18. The Morgan fingerprint density at radius 3 is 2.40 bits per heavy atom. The van der Waals surface area contributed by atoms with Gasteiger partial charge in [0, 0.05) is 19.8 Å². The predicted octanol–water partition coefficient (Wildman–Crippen LogP) is 1.96. The molecule has 0 radical (unpaired) electrons. The second-order valence-corrected chi connectivity index (χ2v) is 5.56. The molecule has 20 heavy (non-hydrogen) atoms. The number of benzene rings is 1. The van der Waals surface area contributed by atoms with Gasteiger partial charge in [-0.1, -0.05) is 25.4 Å². The van der Waals surface area contributed by atoms with Gasteiger partial charge in [0.15, 0.2) is 0 Å². The van der Waals surface area contributed by atoms with Gasteiger partial charge >= 0.3 is 0 Å². The van der Waals surface area contributed by atoms with E-state index in [0.29, 0.717) is 16.3 Å². The van der Waals surface area contributed by atoms with E-state index < -0.39 is 6.04 Å². The molecule has 1 aromatic rings. The summed E-state index contributed by atoms with van der Waals surface area (Å²) in [6.07, 6.45) is 0. The van der Waals surface area contributed by atoms with Crippen molar-refractivity contribution in [1.82, 2.24) is 4.90 Å². The normalized spacial score (nSPS) is 12.2. The molecule has 1 atom stereocenters. The van der Waals surface area contributed by atoms with Crippen LogP contribution in [-0.2, 0) is 4.79 Å². The lowest BCUT2D eigenvalue weighted by atomic mass is 10.0. The number of anilines is 1. The third-order valence-electron chi connectivity index (χ3n) is 2.89. The Morgan fingerprint density at radius 2 is 1.90 bits per heavy atom. The zero-order valence-electron chi connectivity index (χ0n) is 12.1. The molecule has 0 fully saturated rings. The zero-order valence-corrected chi connectivity index (χ0v) is 12.9. The molecule has 0 heterocycles. The van der Waals surface area contributed by atoms with Gasteiger partial charge in [0.2, 0.25) is 5.91 Å². The quantitative estimate of drug-likeness (QED) is 0.892. The van der Waals surface area contributed by atoms with Gasteiger partial charge in [0.05, 0.1) is 16.6 Å². The van der Waals surface area contributed by atoms with Gasteiger partial charge in [-0.3, -0.25) is 9.59 Å². The number of amides is 2. The van der Waals surface area contributed by atoms with E-state index in [2.05, 4.69) is 5.32 Å². The Morgan fingerprint density at radius 1 is 1.30 bits per heavy atom. The molecule has 5 nitrogen and oxygen atoms in total. The van der Waals surface area contributed by atoms with E-state index in [4.69, 9.17) is 17.3 Å². The third kappa shape index (κ3) is 3.95. The first kappa shape index (κ1) is 16.5. The number of nitrogens with two attached hydrogens (primary N) is 1. The fourth-order valence-electron chi connectivity index (χ4n) is 1.54. The molecule has 110 valence electrons. The van der Waals surface area contributed by atoms with Gasteiger partial charge in [-0.15, -0.1) is 0 Å². The van der Waals surface area contributed by atoms with Crippen LogP contribution in [0.1, 0.15) is 24.2 Å². The second kappa shape index (κ2) is 6.72. The minimum atomic E-state index is -0.598. The van der Waals surface area contributed by atoms with Crippen LogP contribution in [0.2, 0.25) is 5.02 Å². The molecule has 1 rings (SSSR count). The van der Waals surface area contributed by atoms with E-state index in [9.17, 15) is 9.59 Å². The van der Waals surface area contributed by atoms with Crippen molar-refractivity contribution in [3.63, 3.8) is 0 Å². The van der Waals surface area contributed by atoms with E-state index in [1.54, 1.807) is 32.3 Å². The maximum absolute atomic E-state index is 11.9. The average molecular weight is 298 g/mol. The van der Waals surface area contributed by atoms with E-state index in [1.165, 1.54) is 4.90 Å². The van der Waals surface area contributed by atoms with Crippen molar-refractivity contribution >= 4 is 29.1 Å². The van der Waals surface area contributed by atoms with E-state index in [1.807, 2.05) is 13.8 Å². The Hall–Kier alpha value is -1.59. The van der Waals surface area contributed by atoms with Crippen LogP contribution >= 0.6 is 11.6 Å². The van der Waals surface area contributed by atoms with Gasteiger partial charge in [0.25, 0.3) is 5.91 Å². The predicted molar refractivity (Wildman–Crippen MR) is 80.9 cm³/mol. The SMILES string of the molecule is CC(C)[C@@H](N)C(=O)Nc1ccc(Cl)c(C(=O)N(C)C)c1. The monoisotopic (exact) mass is 297 g/mol. The first-order valence-corrected chi connectivity index (χ1v) is 6.69. The summed E-state index contributed by atoms with van der Waals surface area (Å²) in [7, 11) is 3.27. The summed E-state index contributed by atoms with van der Waals surface area (Å²) in [5.41, 5.74) is 6.61. The fraction of sp³-hybridized carbons (Fsp3) is 0.429. The van der Waals surface area contributed by atoms with Gasteiger partial charge in [-0.25, -0.2) is 0 Å². The van der Waals surface area contributed by atoms with Crippen LogP contribution in [-0.4, -0.2) is 36.9 Å². The molecular weight excluding hydrogens is 278 g/mol. The van der Waals surface area contributed by atoms with Gasteiger partial charge in [-0.05, 0) is 24.1 Å². The van der Waals surface area contributed by atoms with Crippen molar-refractivity contribution in [2.75, 3.05) is 19.4 Å². The number of rotatable bonds is 4. The molecule has 0 aliphatic rings. The maximum atomic E-state index is 11.9. The molecule has 0 bridgehead atoms. The molecular formula is C14H20ClN3O2. The molecule has 0 saturated carbocycles. The highest BCUT2D eigenvalue weighted by Crippen LogP contribution is 2.22. The first-order chi connectivity index (χ1) is 9.23. The number of nitrogens with one attached hydrogen (secondary N) is 1. The van der Waals surface area contributed by atoms with Gasteiger partial charge in [0.1, 0.15) is 0 Å². The van der Waals surface area contributed by atoms with Crippen LogP contribution in [0.5, 0.6) is 0 Å². The minimum Gasteiger partial charge on any atom is -0.345 e. The molecule has 3 N–H and O–H groups in total. The third-order valence-corrected chi connectivity index (χ3v) is 3.22. The minimum absolute atomic E-state index is 0.0326. The zero-order chi connectivity index (χ0) is 15.4. The lowest BCUT2D eigenvalue weighted by Crippen LogP contribution is -2.39. The number of carbonyl (C=O) groups excluding carboxylic acids is 2. The second-order valence-electron chi connectivity index (χ2n) is 5.15. The fourth-order valence-corrected chi connectivity index (χ4v) is 1.73. The van der Waals surface area contributed by atoms with Crippen LogP contribution < -0.4 is 11.1 Å². The highest BCUT2D eigenvalue weighted by molar-refractivity contribution is 6.34. The maximum Gasteiger partial charge on any atom is 0.254 e. The molecule has 0 unspecified atom stereocenters. The first-order valence-electron chi connectivity index (χ1n) is 6.31. The smallest absolute Gasteiger partial charge is 0.254 e. The van der Waals surface area contributed by atoms with Crippen molar-refractivity contribution in [1.29, 1.82) is 0 Å². The summed E-state index contributed by atoms with van der Waals surface area (Å²) in [4.78, 5) is 25.3. The van der Waals surface area contributed by atoms with Crippen molar-refractivity contribution in [2.45, 2.75) is 19.9 Å². The number of halogens is 1. The average Bonchev–Trinajstić information content (AvgIpc) is 2.38. The Bertz CT molecular complexity index is 515. The molecule has 0 aliphatic carbocycles. The number of carbonyl (C=O) groups is 2. The van der Waals surface area contributed by atoms with Crippen molar-refractivity contribution in [3.8, 4) is 0 Å². The lowest BCUT2D eigenvalue weighted by molar-refractivity contribution is -0.118. The summed E-state index contributed by atoms with van der Waals surface area (Å²) in [5.74, 6) is -0.477. The lowest BCUT2D eigenvalue weighted by Gasteiger charge is -2.17. The Balaban J connectivity index is 2.96. The summed E-state index contributed by atoms with van der Waals surface area (Å²) >= 11 is 6.00. The van der Waals surface area contributed by atoms with Crippen molar-refractivity contribution < 1.29 is 9.59 Å². The standard InChI is InChI=1S/C14H20ClN3O2/c1-8(2)12(16)13(19)17-9-5-6-11(15)10(7-9)14(20)18(3)4/h5-8,12H,16H2,1-4H3,(H,17,19)/t12-/m1/s1. The summed E-state index contributed by atoms with van der Waals surface area (Å²) in [6, 6.07) is 4.17. The summed E-state index contributed by atoms with van der Waals surface area (Å²) in [5, 5.41) is 3.03. The van der Waals surface area contributed by atoms with Crippen LogP contribution in [0.4, 0.5) is 5.69 Å². The highest BCUT2D eigenvalue weighted by atomic mass is 35.5. The van der Waals surface area contributed by atoms with Gasteiger partial charge < -0.3 is 16.0 Å². The Kier molecular flexibility index (Phi) is 5.53. The Labute approximate surface area is 124 Å². The molecule has 6 heteroatoms. The molecule has 1 aromatic carbocycles. The molecule has 2 amide bonds.